The number of ether oxygens (including phenoxy) is 1. The fourth-order valence-electron chi connectivity index (χ4n) is 2.24. The highest BCUT2D eigenvalue weighted by atomic mass is 32.1. The van der Waals surface area contributed by atoms with E-state index in [2.05, 4.69) is 12.6 Å². The Labute approximate surface area is 137 Å². The Morgan fingerprint density at radius 1 is 1.27 bits per heavy atom. The first-order valence-electron chi connectivity index (χ1n) is 7.21. The number of hydrogen-bond donors (Lipinski definition) is 1. The van der Waals surface area contributed by atoms with Gasteiger partial charge < -0.3 is 14.0 Å². The van der Waals surface area contributed by atoms with Crippen molar-refractivity contribution < 1.29 is 18.4 Å². The third-order valence-electron chi connectivity index (χ3n) is 4.28. The number of methoxy groups -OCH3 is 1. The van der Waals surface area contributed by atoms with E-state index in [4.69, 9.17) is 14.0 Å². The van der Waals surface area contributed by atoms with Gasteiger partial charge in [-0.15, -0.1) is 0 Å². The van der Waals surface area contributed by atoms with E-state index >= 15 is 0 Å². The van der Waals surface area contributed by atoms with E-state index in [-0.39, 0.29) is 5.75 Å². The van der Waals surface area contributed by atoms with Crippen molar-refractivity contribution in [1.82, 2.24) is 0 Å². The minimum Gasteiger partial charge on any atom is -0.493 e. The second-order valence-corrected chi connectivity index (χ2v) is 6.64. The molecule has 0 saturated carbocycles. The maximum absolute atomic E-state index is 13.8. The average Bonchev–Trinajstić information content (AvgIpc) is 2.64. The lowest BCUT2D eigenvalue weighted by Gasteiger charge is -2.32. The Bertz CT molecular complexity index is 571. The predicted octanol–water partition coefficient (Wildman–Crippen LogP) is 3.78. The number of para-hydroxylation sites is 1. The monoisotopic (exact) mass is 324 g/mol. The first kappa shape index (κ1) is 17.4. The van der Waals surface area contributed by atoms with Crippen LogP contribution in [0.1, 0.15) is 33.3 Å². The molecule has 1 saturated heterocycles. The van der Waals surface area contributed by atoms with Crippen molar-refractivity contribution in [3.05, 3.63) is 35.1 Å². The van der Waals surface area contributed by atoms with Crippen LogP contribution in [0.2, 0.25) is 0 Å². The quantitative estimate of drug-likeness (QED) is 0.675. The topological polar surface area (TPSA) is 27.7 Å². The molecule has 0 bridgehead atoms. The smallest absolute Gasteiger partial charge is 0.491 e. The summed E-state index contributed by atoms with van der Waals surface area (Å²) in [6.07, 6.45) is 1.82. The molecule has 1 aliphatic heterocycles. The average molecular weight is 324 g/mol. The minimum absolute atomic E-state index is 0.207. The van der Waals surface area contributed by atoms with E-state index < -0.39 is 24.1 Å². The molecule has 0 N–H and O–H groups in total. The Morgan fingerprint density at radius 2 is 1.86 bits per heavy atom. The van der Waals surface area contributed by atoms with Crippen molar-refractivity contribution in [2.75, 3.05) is 12.9 Å². The van der Waals surface area contributed by atoms with Crippen molar-refractivity contribution >= 4 is 25.8 Å². The summed E-state index contributed by atoms with van der Waals surface area (Å²) in [5.74, 6) is 0.248. The van der Waals surface area contributed by atoms with E-state index in [0.29, 0.717) is 11.3 Å². The molecule has 0 aliphatic carbocycles. The van der Waals surface area contributed by atoms with Crippen LogP contribution in [-0.2, 0) is 9.31 Å². The summed E-state index contributed by atoms with van der Waals surface area (Å²) in [6, 6.07) is 4.80. The molecule has 3 nitrogen and oxygen atoms in total. The first-order valence-corrected chi connectivity index (χ1v) is 7.84. The van der Waals surface area contributed by atoms with Crippen LogP contribution in [0, 0.1) is 5.82 Å². The third-order valence-corrected chi connectivity index (χ3v) is 4.65. The molecule has 0 aromatic heterocycles. The van der Waals surface area contributed by atoms with Gasteiger partial charge >= 0.3 is 7.12 Å². The summed E-state index contributed by atoms with van der Waals surface area (Å²) in [5, 5.41) is 0. The second kappa shape index (κ2) is 6.26. The van der Waals surface area contributed by atoms with Crippen LogP contribution in [0.25, 0.3) is 6.08 Å². The maximum atomic E-state index is 13.8. The van der Waals surface area contributed by atoms with Crippen LogP contribution < -0.4 is 4.74 Å². The summed E-state index contributed by atoms with van der Waals surface area (Å²) in [4.78, 5) is 0. The maximum Gasteiger partial charge on any atom is 0.491 e. The van der Waals surface area contributed by atoms with Crippen molar-refractivity contribution in [3.8, 4) is 5.75 Å². The van der Waals surface area contributed by atoms with Gasteiger partial charge in [0.2, 0.25) is 0 Å². The number of halogens is 1. The molecule has 2 rings (SSSR count). The summed E-state index contributed by atoms with van der Waals surface area (Å²) < 4.78 is 31.0. The van der Waals surface area contributed by atoms with Gasteiger partial charge in [-0.2, -0.15) is 12.6 Å². The Kier molecular flexibility index (Phi) is 4.95. The standard InChI is InChI=1S/C16H22BFO3S/c1-15(2)16(3,4)21-17(20-15)12(10-22)9-11-7-6-8-13(18)14(11)19-5/h6-9,22H,10H2,1-5H3. The summed E-state index contributed by atoms with van der Waals surface area (Å²) in [7, 11) is 0.945. The largest absolute Gasteiger partial charge is 0.493 e. The Morgan fingerprint density at radius 3 is 2.36 bits per heavy atom. The van der Waals surface area contributed by atoms with Gasteiger partial charge in [0, 0.05) is 11.3 Å². The van der Waals surface area contributed by atoms with Gasteiger partial charge in [-0.05, 0) is 39.2 Å². The summed E-state index contributed by atoms with van der Waals surface area (Å²) >= 11 is 4.36. The zero-order valence-electron chi connectivity index (χ0n) is 13.6. The molecule has 0 amide bonds. The molecular weight excluding hydrogens is 302 g/mol. The molecular formula is C16H22BFO3S. The van der Waals surface area contributed by atoms with Crippen LogP contribution in [-0.4, -0.2) is 31.2 Å². The molecule has 0 unspecified atom stereocenters. The van der Waals surface area contributed by atoms with Crippen LogP contribution in [0.15, 0.2) is 23.7 Å². The van der Waals surface area contributed by atoms with Crippen molar-refractivity contribution in [1.29, 1.82) is 0 Å². The number of hydrogen-bond acceptors (Lipinski definition) is 4. The molecule has 1 aromatic rings. The molecule has 1 fully saturated rings. The number of thiol groups is 1. The number of rotatable bonds is 4. The van der Waals surface area contributed by atoms with Gasteiger partial charge in [0.1, 0.15) is 0 Å². The SMILES string of the molecule is COc1c(F)cccc1C=C(CS)B1OC(C)(C)C(C)(C)O1. The minimum atomic E-state index is -0.504. The lowest BCUT2D eigenvalue weighted by Crippen LogP contribution is -2.41. The van der Waals surface area contributed by atoms with E-state index in [1.165, 1.54) is 13.2 Å². The van der Waals surface area contributed by atoms with Gasteiger partial charge in [-0.3, -0.25) is 0 Å². The molecule has 1 aromatic carbocycles. The predicted molar refractivity (Wildman–Crippen MR) is 90.9 cm³/mol. The molecule has 1 heterocycles. The van der Waals surface area contributed by atoms with Crippen LogP contribution in [0.4, 0.5) is 4.39 Å². The fourth-order valence-corrected chi connectivity index (χ4v) is 2.48. The highest BCUT2D eigenvalue weighted by molar-refractivity contribution is 7.80. The van der Waals surface area contributed by atoms with Crippen LogP contribution in [0.3, 0.4) is 0 Å². The van der Waals surface area contributed by atoms with Crippen molar-refractivity contribution in [2.45, 2.75) is 38.9 Å². The lowest BCUT2D eigenvalue weighted by atomic mass is 9.78. The van der Waals surface area contributed by atoms with E-state index in [1.54, 1.807) is 12.1 Å². The fraction of sp³-hybridized carbons (Fsp3) is 0.500. The van der Waals surface area contributed by atoms with E-state index in [1.807, 2.05) is 33.8 Å². The van der Waals surface area contributed by atoms with Gasteiger partial charge in [0.15, 0.2) is 11.6 Å². The van der Waals surface area contributed by atoms with Crippen molar-refractivity contribution in [2.24, 2.45) is 0 Å². The van der Waals surface area contributed by atoms with Gasteiger partial charge in [0.05, 0.1) is 18.3 Å². The van der Waals surface area contributed by atoms with Crippen LogP contribution in [0.5, 0.6) is 5.75 Å². The first-order chi connectivity index (χ1) is 10.2. The van der Waals surface area contributed by atoms with Gasteiger partial charge in [-0.25, -0.2) is 4.39 Å². The summed E-state index contributed by atoms with van der Waals surface area (Å²) in [5.41, 5.74) is 0.615. The highest BCUT2D eigenvalue weighted by Crippen LogP contribution is 2.39. The molecule has 0 radical (unpaired) electrons. The highest BCUT2D eigenvalue weighted by Gasteiger charge is 2.52. The van der Waals surface area contributed by atoms with E-state index in [0.717, 1.165) is 5.47 Å². The second-order valence-electron chi connectivity index (χ2n) is 6.33. The molecule has 0 spiro atoms. The molecule has 120 valence electrons. The summed E-state index contributed by atoms with van der Waals surface area (Å²) in [6.45, 7) is 7.97. The van der Waals surface area contributed by atoms with Gasteiger partial charge in [-0.1, -0.05) is 18.2 Å². The van der Waals surface area contributed by atoms with Gasteiger partial charge in [0.25, 0.3) is 0 Å². The molecule has 22 heavy (non-hydrogen) atoms. The number of benzene rings is 1. The Balaban J connectivity index is 2.36. The molecule has 6 heteroatoms. The van der Waals surface area contributed by atoms with Crippen LogP contribution >= 0.6 is 12.6 Å². The van der Waals surface area contributed by atoms with E-state index in [9.17, 15) is 4.39 Å². The Hall–Kier alpha value is -0.975. The third kappa shape index (κ3) is 3.19. The van der Waals surface area contributed by atoms with Crippen molar-refractivity contribution in [3.63, 3.8) is 0 Å². The lowest BCUT2D eigenvalue weighted by molar-refractivity contribution is 0.00578. The normalized spacial score (nSPS) is 20.3. The molecule has 1 aliphatic rings. The zero-order valence-corrected chi connectivity index (χ0v) is 14.5. The molecule has 0 atom stereocenters. The zero-order chi connectivity index (χ0) is 16.5.